The van der Waals surface area contributed by atoms with E-state index < -0.39 is 0 Å². The van der Waals surface area contributed by atoms with E-state index in [1.54, 1.807) is 0 Å². The van der Waals surface area contributed by atoms with E-state index in [4.69, 9.17) is 0 Å². The standard InChI is InChI=1S/C11H17NO2/c1-8-7-9(13)3-5-11(8)4-2-6-12-10(11)14/h8H,2-7H2,1H3,(H,12,14). The Morgan fingerprint density at radius 3 is 2.79 bits per heavy atom. The van der Waals surface area contributed by atoms with E-state index in [2.05, 4.69) is 5.32 Å². The Kier molecular flexibility index (Phi) is 2.33. The van der Waals surface area contributed by atoms with Crippen LogP contribution in [0.15, 0.2) is 0 Å². The first kappa shape index (κ1) is 9.69. The second-order valence-electron chi connectivity index (χ2n) is 4.66. The van der Waals surface area contributed by atoms with E-state index in [0.717, 1.165) is 25.8 Å². The maximum atomic E-state index is 11.9. The Hall–Kier alpha value is -0.860. The lowest BCUT2D eigenvalue weighted by Gasteiger charge is -2.43. The molecule has 2 unspecified atom stereocenters. The summed E-state index contributed by atoms with van der Waals surface area (Å²) in [5.41, 5.74) is -0.216. The predicted molar refractivity (Wildman–Crippen MR) is 52.7 cm³/mol. The smallest absolute Gasteiger partial charge is 0.226 e. The fraction of sp³-hybridized carbons (Fsp3) is 0.818. The quantitative estimate of drug-likeness (QED) is 0.632. The fourth-order valence-electron chi connectivity index (χ4n) is 2.85. The third-order valence-corrected chi connectivity index (χ3v) is 3.86. The van der Waals surface area contributed by atoms with Crippen LogP contribution >= 0.6 is 0 Å². The van der Waals surface area contributed by atoms with Crippen LogP contribution in [0.2, 0.25) is 0 Å². The number of amides is 1. The van der Waals surface area contributed by atoms with E-state index in [9.17, 15) is 9.59 Å². The molecule has 0 bridgehead atoms. The van der Waals surface area contributed by atoms with Gasteiger partial charge in [0.15, 0.2) is 0 Å². The van der Waals surface area contributed by atoms with Gasteiger partial charge in [0.2, 0.25) is 5.91 Å². The van der Waals surface area contributed by atoms with Crippen molar-refractivity contribution in [2.24, 2.45) is 11.3 Å². The summed E-state index contributed by atoms with van der Waals surface area (Å²) in [7, 11) is 0. The fourth-order valence-corrected chi connectivity index (χ4v) is 2.85. The number of carbonyl (C=O) groups is 2. The lowest BCUT2D eigenvalue weighted by atomic mass is 9.62. The summed E-state index contributed by atoms with van der Waals surface area (Å²) in [6.07, 6.45) is 3.97. The average Bonchev–Trinajstić information content (AvgIpc) is 2.15. The van der Waals surface area contributed by atoms with Crippen LogP contribution in [0.1, 0.15) is 39.0 Å². The van der Waals surface area contributed by atoms with E-state index in [1.165, 1.54) is 0 Å². The van der Waals surface area contributed by atoms with Gasteiger partial charge in [0.05, 0.1) is 5.41 Å². The van der Waals surface area contributed by atoms with Crippen molar-refractivity contribution in [3.63, 3.8) is 0 Å². The van der Waals surface area contributed by atoms with Crippen LogP contribution in [-0.2, 0) is 9.59 Å². The molecule has 2 fully saturated rings. The number of nitrogens with one attached hydrogen (secondary N) is 1. The molecule has 1 saturated carbocycles. The third-order valence-electron chi connectivity index (χ3n) is 3.86. The molecule has 1 heterocycles. The molecule has 2 aliphatic rings. The van der Waals surface area contributed by atoms with E-state index in [1.807, 2.05) is 6.92 Å². The number of piperidine rings is 1. The van der Waals surface area contributed by atoms with Gasteiger partial charge in [-0.1, -0.05) is 6.92 Å². The van der Waals surface area contributed by atoms with Crippen molar-refractivity contribution < 1.29 is 9.59 Å². The zero-order chi connectivity index (χ0) is 10.2. The summed E-state index contributed by atoms with van der Waals surface area (Å²) in [6.45, 7) is 2.85. The minimum atomic E-state index is -0.216. The number of carbonyl (C=O) groups excluding carboxylic acids is 2. The van der Waals surface area contributed by atoms with Gasteiger partial charge in [0.25, 0.3) is 0 Å². The van der Waals surface area contributed by atoms with Gasteiger partial charge >= 0.3 is 0 Å². The van der Waals surface area contributed by atoms with E-state index in [-0.39, 0.29) is 17.2 Å². The van der Waals surface area contributed by atoms with Crippen molar-refractivity contribution in [1.29, 1.82) is 0 Å². The molecule has 0 radical (unpaired) electrons. The van der Waals surface area contributed by atoms with Gasteiger partial charge < -0.3 is 5.32 Å². The Morgan fingerprint density at radius 2 is 2.14 bits per heavy atom. The van der Waals surface area contributed by atoms with Crippen LogP contribution in [0.3, 0.4) is 0 Å². The first-order valence-electron chi connectivity index (χ1n) is 5.45. The van der Waals surface area contributed by atoms with Crippen molar-refractivity contribution in [1.82, 2.24) is 5.32 Å². The second-order valence-corrected chi connectivity index (χ2v) is 4.66. The number of Topliss-reactive ketones (excluding diaryl/α,β-unsaturated/α-hetero) is 1. The molecule has 0 aromatic heterocycles. The molecule has 2 atom stereocenters. The summed E-state index contributed by atoms with van der Waals surface area (Å²) >= 11 is 0. The van der Waals surface area contributed by atoms with Crippen LogP contribution in [0.5, 0.6) is 0 Å². The maximum absolute atomic E-state index is 11.9. The Labute approximate surface area is 84.2 Å². The molecular formula is C11H17NO2. The minimum absolute atomic E-state index is 0.184. The summed E-state index contributed by atoms with van der Waals surface area (Å²) in [5.74, 6) is 0.731. The first-order chi connectivity index (χ1) is 6.65. The van der Waals surface area contributed by atoms with E-state index in [0.29, 0.717) is 18.6 Å². The van der Waals surface area contributed by atoms with Crippen LogP contribution in [0.25, 0.3) is 0 Å². The summed E-state index contributed by atoms with van der Waals surface area (Å²) in [6, 6.07) is 0. The molecule has 14 heavy (non-hydrogen) atoms. The van der Waals surface area contributed by atoms with Crippen molar-refractivity contribution in [3.8, 4) is 0 Å². The predicted octanol–water partition coefficient (Wildman–Crippen LogP) is 1.27. The number of ketones is 1. The van der Waals surface area contributed by atoms with Gasteiger partial charge in [0.1, 0.15) is 5.78 Å². The molecule has 2 rings (SSSR count). The molecule has 1 spiro atoms. The van der Waals surface area contributed by atoms with Crippen molar-refractivity contribution in [2.45, 2.75) is 39.0 Å². The molecule has 1 aliphatic heterocycles. The van der Waals surface area contributed by atoms with Gasteiger partial charge in [-0.15, -0.1) is 0 Å². The Balaban J connectivity index is 2.20. The highest BCUT2D eigenvalue weighted by Crippen LogP contribution is 2.44. The summed E-state index contributed by atoms with van der Waals surface area (Å²) < 4.78 is 0. The van der Waals surface area contributed by atoms with Crippen LogP contribution in [0.4, 0.5) is 0 Å². The van der Waals surface area contributed by atoms with Crippen LogP contribution in [0, 0.1) is 11.3 Å². The third kappa shape index (κ3) is 1.35. The molecule has 1 N–H and O–H groups in total. The minimum Gasteiger partial charge on any atom is -0.356 e. The average molecular weight is 195 g/mol. The monoisotopic (exact) mass is 195 g/mol. The summed E-state index contributed by atoms with van der Waals surface area (Å²) in [4.78, 5) is 23.1. The molecule has 0 aromatic carbocycles. The number of hydrogen-bond donors (Lipinski definition) is 1. The zero-order valence-corrected chi connectivity index (χ0v) is 8.64. The second kappa shape index (κ2) is 3.37. The molecule has 0 aromatic rings. The molecule has 3 nitrogen and oxygen atoms in total. The molecule has 1 saturated heterocycles. The molecule has 3 heteroatoms. The molecule has 78 valence electrons. The highest BCUT2D eigenvalue weighted by atomic mass is 16.2. The SMILES string of the molecule is CC1CC(=O)CCC12CCCNC2=O. The van der Waals surface area contributed by atoms with Gasteiger partial charge in [-0.2, -0.15) is 0 Å². The highest BCUT2D eigenvalue weighted by Gasteiger charge is 2.47. The van der Waals surface area contributed by atoms with Gasteiger partial charge in [-0.05, 0) is 25.2 Å². The van der Waals surface area contributed by atoms with Gasteiger partial charge in [0, 0.05) is 19.4 Å². The van der Waals surface area contributed by atoms with Crippen LogP contribution in [-0.4, -0.2) is 18.2 Å². The number of hydrogen-bond acceptors (Lipinski definition) is 2. The Bertz CT molecular complexity index is 274. The van der Waals surface area contributed by atoms with E-state index >= 15 is 0 Å². The lowest BCUT2D eigenvalue weighted by molar-refractivity contribution is -0.142. The normalized spacial score (nSPS) is 38.5. The molecule has 1 amide bonds. The van der Waals surface area contributed by atoms with Gasteiger partial charge in [-0.3, -0.25) is 9.59 Å². The topological polar surface area (TPSA) is 46.2 Å². The van der Waals surface area contributed by atoms with Crippen molar-refractivity contribution >= 4 is 11.7 Å². The largest absolute Gasteiger partial charge is 0.356 e. The van der Waals surface area contributed by atoms with Crippen molar-refractivity contribution in [2.75, 3.05) is 6.54 Å². The lowest BCUT2D eigenvalue weighted by Crippen LogP contribution is -2.51. The van der Waals surface area contributed by atoms with Gasteiger partial charge in [-0.25, -0.2) is 0 Å². The number of rotatable bonds is 0. The maximum Gasteiger partial charge on any atom is 0.226 e. The molecule has 1 aliphatic carbocycles. The summed E-state index contributed by atoms with van der Waals surface area (Å²) in [5, 5.41) is 2.94. The first-order valence-corrected chi connectivity index (χ1v) is 5.45. The Morgan fingerprint density at radius 1 is 1.36 bits per heavy atom. The molecular weight excluding hydrogens is 178 g/mol. The zero-order valence-electron chi connectivity index (χ0n) is 8.64. The van der Waals surface area contributed by atoms with Crippen molar-refractivity contribution in [3.05, 3.63) is 0 Å². The highest BCUT2D eigenvalue weighted by molar-refractivity contribution is 5.88. The van der Waals surface area contributed by atoms with Crippen LogP contribution < -0.4 is 5.32 Å².